The van der Waals surface area contributed by atoms with Crippen LogP contribution in [-0.4, -0.2) is 0 Å². The average molecular weight is 210 g/mol. The predicted molar refractivity (Wildman–Crippen MR) is 67.5 cm³/mol. The van der Waals surface area contributed by atoms with Crippen molar-refractivity contribution in [2.24, 2.45) is 11.8 Å². The lowest BCUT2D eigenvalue weighted by molar-refractivity contribution is 0.388. The highest BCUT2D eigenvalue weighted by Crippen LogP contribution is 2.10. The molecule has 1 heteroatoms. The van der Waals surface area contributed by atoms with Gasteiger partial charge in [0.25, 0.3) is 0 Å². The van der Waals surface area contributed by atoms with Crippen molar-refractivity contribution in [3.8, 4) is 0 Å². The second kappa shape index (κ2) is 9.82. The Bertz CT molecular complexity index is 154. The summed E-state index contributed by atoms with van der Waals surface area (Å²) in [6, 6.07) is 0. The highest BCUT2D eigenvalue weighted by atomic mass is 16.5. The standard InChI is InChI=1S/C14H26O/c1-5-13(6-2)9-11-15-12-10-14(7-3)8-4/h9-14H,5-8H2,1-4H3. The third kappa shape index (κ3) is 7.24. The molecular weight excluding hydrogens is 184 g/mol. The van der Waals surface area contributed by atoms with Gasteiger partial charge in [-0.2, -0.15) is 0 Å². The Morgan fingerprint density at radius 1 is 0.733 bits per heavy atom. The van der Waals surface area contributed by atoms with Crippen molar-refractivity contribution < 1.29 is 4.74 Å². The SMILES string of the molecule is CCC(C=COC=CC(CC)CC)CC. The predicted octanol–water partition coefficient (Wildman–Crippen LogP) is 4.90. The minimum absolute atomic E-state index is 0.659. The van der Waals surface area contributed by atoms with Crippen molar-refractivity contribution in [2.45, 2.75) is 53.4 Å². The van der Waals surface area contributed by atoms with Gasteiger partial charge in [-0.05, 0) is 49.7 Å². The molecule has 88 valence electrons. The normalized spacial score (nSPS) is 12.4. The molecule has 0 fully saturated rings. The Kier molecular flexibility index (Phi) is 9.35. The summed E-state index contributed by atoms with van der Waals surface area (Å²) in [4.78, 5) is 0. The van der Waals surface area contributed by atoms with Crippen molar-refractivity contribution in [3.05, 3.63) is 24.7 Å². The van der Waals surface area contributed by atoms with Crippen molar-refractivity contribution in [1.29, 1.82) is 0 Å². The first kappa shape index (κ1) is 14.3. The van der Waals surface area contributed by atoms with E-state index in [1.165, 1.54) is 25.7 Å². The molecule has 0 amide bonds. The van der Waals surface area contributed by atoms with Gasteiger partial charge in [-0.25, -0.2) is 0 Å². The fraction of sp³-hybridized carbons (Fsp3) is 0.714. The van der Waals surface area contributed by atoms with E-state index in [0.717, 1.165) is 0 Å². The van der Waals surface area contributed by atoms with Gasteiger partial charge in [0.15, 0.2) is 0 Å². The summed E-state index contributed by atoms with van der Waals surface area (Å²) >= 11 is 0. The topological polar surface area (TPSA) is 9.23 Å². The Morgan fingerprint density at radius 2 is 1.07 bits per heavy atom. The molecule has 0 aromatic heterocycles. The molecule has 15 heavy (non-hydrogen) atoms. The minimum atomic E-state index is 0.659. The van der Waals surface area contributed by atoms with Crippen LogP contribution in [0.2, 0.25) is 0 Å². The molecule has 0 atom stereocenters. The second-order valence-corrected chi connectivity index (χ2v) is 3.95. The van der Waals surface area contributed by atoms with Gasteiger partial charge in [0.2, 0.25) is 0 Å². The third-order valence-electron chi connectivity index (χ3n) is 2.96. The van der Waals surface area contributed by atoms with E-state index >= 15 is 0 Å². The van der Waals surface area contributed by atoms with Gasteiger partial charge in [0.05, 0.1) is 12.5 Å². The summed E-state index contributed by atoms with van der Waals surface area (Å²) in [5, 5.41) is 0. The first-order valence-corrected chi connectivity index (χ1v) is 6.27. The van der Waals surface area contributed by atoms with Gasteiger partial charge in [0.1, 0.15) is 0 Å². The van der Waals surface area contributed by atoms with Gasteiger partial charge in [0, 0.05) is 0 Å². The van der Waals surface area contributed by atoms with Crippen LogP contribution in [0.1, 0.15) is 53.4 Å². The molecule has 0 saturated carbocycles. The molecule has 0 aliphatic heterocycles. The van der Waals surface area contributed by atoms with Crippen LogP contribution < -0.4 is 0 Å². The van der Waals surface area contributed by atoms with E-state index in [2.05, 4.69) is 39.8 Å². The van der Waals surface area contributed by atoms with Crippen LogP contribution in [0.15, 0.2) is 24.7 Å². The molecule has 1 nitrogen and oxygen atoms in total. The molecule has 0 aliphatic carbocycles. The first-order valence-electron chi connectivity index (χ1n) is 6.27. The zero-order chi connectivity index (χ0) is 11.5. The van der Waals surface area contributed by atoms with Crippen LogP contribution in [0.5, 0.6) is 0 Å². The minimum Gasteiger partial charge on any atom is -0.473 e. The van der Waals surface area contributed by atoms with Gasteiger partial charge in [-0.15, -0.1) is 0 Å². The first-order chi connectivity index (χ1) is 7.28. The van der Waals surface area contributed by atoms with Crippen molar-refractivity contribution in [2.75, 3.05) is 0 Å². The lowest BCUT2D eigenvalue weighted by Gasteiger charge is -2.05. The van der Waals surface area contributed by atoms with E-state index in [1.54, 1.807) is 0 Å². The van der Waals surface area contributed by atoms with Crippen LogP contribution in [0.25, 0.3) is 0 Å². The Morgan fingerprint density at radius 3 is 1.33 bits per heavy atom. The van der Waals surface area contributed by atoms with Gasteiger partial charge in [-0.3, -0.25) is 0 Å². The van der Waals surface area contributed by atoms with Gasteiger partial charge in [-0.1, -0.05) is 27.7 Å². The number of rotatable bonds is 8. The smallest absolute Gasteiger partial charge is 0.0864 e. The lowest BCUT2D eigenvalue weighted by Crippen LogP contribution is -1.91. The molecule has 0 heterocycles. The zero-order valence-electron chi connectivity index (χ0n) is 10.7. The molecule has 0 bridgehead atoms. The van der Waals surface area contributed by atoms with E-state index in [0.29, 0.717) is 11.8 Å². The number of allylic oxidation sites excluding steroid dienone is 2. The number of ether oxygens (including phenoxy) is 1. The molecule has 0 N–H and O–H groups in total. The molecule has 0 rings (SSSR count). The fourth-order valence-corrected chi connectivity index (χ4v) is 1.48. The van der Waals surface area contributed by atoms with E-state index < -0.39 is 0 Å². The summed E-state index contributed by atoms with van der Waals surface area (Å²) in [5.74, 6) is 1.32. The molecule has 0 saturated heterocycles. The van der Waals surface area contributed by atoms with E-state index in [1.807, 2.05) is 12.5 Å². The van der Waals surface area contributed by atoms with Gasteiger partial charge >= 0.3 is 0 Å². The second-order valence-electron chi connectivity index (χ2n) is 3.95. The van der Waals surface area contributed by atoms with E-state index in [-0.39, 0.29) is 0 Å². The van der Waals surface area contributed by atoms with Gasteiger partial charge < -0.3 is 4.74 Å². The van der Waals surface area contributed by atoms with Crippen molar-refractivity contribution >= 4 is 0 Å². The fourth-order valence-electron chi connectivity index (χ4n) is 1.48. The van der Waals surface area contributed by atoms with E-state index in [4.69, 9.17) is 4.74 Å². The molecule has 0 unspecified atom stereocenters. The highest BCUT2D eigenvalue weighted by molar-refractivity contribution is 4.86. The monoisotopic (exact) mass is 210 g/mol. The molecular formula is C14H26O. The summed E-state index contributed by atoms with van der Waals surface area (Å²) in [5.41, 5.74) is 0. The van der Waals surface area contributed by atoms with Crippen LogP contribution in [0, 0.1) is 11.8 Å². The maximum absolute atomic E-state index is 5.34. The lowest BCUT2D eigenvalue weighted by atomic mass is 10.0. The molecule has 0 aromatic carbocycles. The zero-order valence-corrected chi connectivity index (χ0v) is 10.7. The largest absolute Gasteiger partial charge is 0.473 e. The molecule has 0 aromatic rings. The van der Waals surface area contributed by atoms with Crippen LogP contribution in [0.3, 0.4) is 0 Å². The molecule has 0 spiro atoms. The summed E-state index contributed by atoms with van der Waals surface area (Å²) in [6.07, 6.45) is 12.7. The quantitative estimate of drug-likeness (QED) is 0.518. The maximum atomic E-state index is 5.34. The van der Waals surface area contributed by atoms with E-state index in [9.17, 15) is 0 Å². The summed E-state index contributed by atoms with van der Waals surface area (Å²) in [6.45, 7) is 8.83. The summed E-state index contributed by atoms with van der Waals surface area (Å²) in [7, 11) is 0. The number of hydrogen-bond donors (Lipinski definition) is 0. The highest BCUT2D eigenvalue weighted by Gasteiger charge is 1.97. The van der Waals surface area contributed by atoms with Crippen molar-refractivity contribution in [1.82, 2.24) is 0 Å². The average Bonchev–Trinajstić information content (AvgIpc) is 2.29. The van der Waals surface area contributed by atoms with Crippen LogP contribution >= 0.6 is 0 Å². The third-order valence-corrected chi connectivity index (χ3v) is 2.96. The Balaban J connectivity index is 3.76. The maximum Gasteiger partial charge on any atom is 0.0864 e. The number of hydrogen-bond acceptors (Lipinski definition) is 1. The Labute approximate surface area is 95.2 Å². The molecule has 0 aliphatic rings. The Hall–Kier alpha value is -0.720. The van der Waals surface area contributed by atoms with Crippen LogP contribution in [-0.2, 0) is 4.74 Å². The van der Waals surface area contributed by atoms with Crippen molar-refractivity contribution in [3.63, 3.8) is 0 Å². The molecule has 0 radical (unpaired) electrons. The van der Waals surface area contributed by atoms with Crippen LogP contribution in [0.4, 0.5) is 0 Å². The summed E-state index contributed by atoms with van der Waals surface area (Å²) < 4.78 is 5.34.